The van der Waals surface area contributed by atoms with Gasteiger partial charge in [0, 0.05) is 33.6 Å². The summed E-state index contributed by atoms with van der Waals surface area (Å²) in [7, 11) is 0. The van der Waals surface area contributed by atoms with E-state index in [9.17, 15) is 4.79 Å². The first-order valence-electron chi connectivity index (χ1n) is 13.0. The molecule has 6 rings (SSSR count). The maximum atomic E-state index is 12.8. The second-order valence-corrected chi connectivity index (χ2v) is 12.9. The molecule has 0 spiro atoms. The van der Waals surface area contributed by atoms with Crippen LogP contribution in [0.4, 0.5) is 5.69 Å². The van der Waals surface area contributed by atoms with Gasteiger partial charge in [0.25, 0.3) is 0 Å². The van der Waals surface area contributed by atoms with Crippen molar-refractivity contribution in [1.82, 2.24) is 19.7 Å². The van der Waals surface area contributed by atoms with Gasteiger partial charge in [-0.2, -0.15) is 0 Å². The molecule has 39 heavy (non-hydrogen) atoms. The lowest BCUT2D eigenvalue weighted by molar-refractivity contribution is -0.113. The van der Waals surface area contributed by atoms with Crippen LogP contribution in [0.2, 0.25) is 0 Å². The summed E-state index contributed by atoms with van der Waals surface area (Å²) in [4.78, 5) is 19.0. The quantitative estimate of drug-likeness (QED) is 0.153. The highest BCUT2D eigenvalue weighted by atomic mass is 32.2. The smallest absolute Gasteiger partial charge is 0.234 e. The molecule has 0 aliphatic heterocycles. The lowest BCUT2D eigenvalue weighted by Gasteiger charge is -2.19. The number of hydrogen-bond donors (Lipinski definition) is 1. The predicted molar refractivity (Wildman–Crippen MR) is 164 cm³/mol. The number of aryl methyl sites for hydroxylation is 1. The van der Waals surface area contributed by atoms with E-state index in [1.54, 1.807) is 11.3 Å². The van der Waals surface area contributed by atoms with Gasteiger partial charge in [0.05, 0.1) is 16.0 Å². The molecule has 0 fully saturated rings. The number of allylic oxidation sites excluding steroid dienone is 1. The van der Waals surface area contributed by atoms with Crippen molar-refractivity contribution in [2.75, 3.05) is 11.1 Å². The normalized spacial score (nSPS) is 14.9. The van der Waals surface area contributed by atoms with Crippen molar-refractivity contribution in [2.45, 2.75) is 44.8 Å². The Labute approximate surface area is 240 Å². The monoisotopic (exact) mass is 571 g/mol. The van der Waals surface area contributed by atoms with E-state index in [1.807, 2.05) is 41.7 Å². The van der Waals surface area contributed by atoms with Gasteiger partial charge in [0.2, 0.25) is 5.91 Å². The Kier molecular flexibility index (Phi) is 7.38. The third kappa shape index (κ3) is 5.44. The van der Waals surface area contributed by atoms with Crippen LogP contribution in [0.15, 0.2) is 65.7 Å². The van der Waals surface area contributed by atoms with Crippen LogP contribution in [0.25, 0.3) is 32.2 Å². The highest BCUT2D eigenvalue weighted by molar-refractivity contribution is 7.99. The maximum absolute atomic E-state index is 12.8. The van der Waals surface area contributed by atoms with Crippen LogP contribution in [-0.4, -0.2) is 31.4 Å². The second-order valence-electron chi connectivity index (χ2n) is 10.0. The van der Waals surface area contributed by atoms with E-state index in [0.29, 0.717) is 6.54 Å². The zero-order valence-electron chi connectivity index (χ0n) is 21.9. The van der Waals surface area contributed by atoms with Gasteiger partial charge in [0.1, 0.15) is 5.01 Å². The van der Waals surface area contributed by atoms with Gasteiger partial charge < -0.3 is 5.32 Å². The largest absolute Gasteiger partial charge is 0.325 e. The fraction of sp³-hybridized carbons (Fsp3) is 0.267. The number of thioether (sulfide) groups is 1. The molecule has 1 atom stereocenters. The number of amides is 1. The van der Waals surface area contributed by atoms with Crippen LogP contribution < -0.4 is 5.32 Å². The summed E-state index contributed by atoms with van der Waals surface area (Å²) in [5, 5.41) is 15.9. The summed E-state index contributed by atoms with van der Waals surface area (Å²) in [5.74, 6) is 1.76. The number of fused-ring (bicyclic) bond motifs is 2. The summed E-state index contributed by atoms with van der Waals surface area (Å²) in [6.07, 6.45) is 5.28. The zero-order chi connectivity index (χ0) is 26.9. The average Bonchev–Trinajstić information content (AvgIpc) is 3.64. The van der Waals surface area contributed by atoms with Crippen molar-refractivity contribution in [3.05, 3.63) is 76.5 Å². The van der Waals surface area contributed by atoms with Gasteiger partial charge in [0.15, 0.2) is 11.0 Å². The number of aromatic nitrogens is 4. The van der Waals surface area contributed by atoms with Crippen molar-refractivity contribution < 1.29 is 4.79 Å². The molecule has 5 aromatic rings. The summed E-state index contributed by atoms with van der Waals surface area (Å²) in [6.45, 7) is 8.93. The second kappa shape index (κ2) is 11.1. The number of carbonyl (C=O) groups is 1. The number of benzene rings is 2. The van der Waals surface area contributed by atoms with Crippen LogP contribution in [0, 0.1) is 12.8 Å². The Balaban J connectivity index is 1.12. The molecule has 1 aliphatic rings. The average molecular weight is 572 g/mol. The fourth-order valence-corrected chi connectivity index (χ4v) is 7.99. The molecule has 1 aliphatic carbocycles. The van der Waals surface area contributed by atoms with Crippen molar-refractivity contribution in [3.8, 4) is 22.0 Å². The Morgan fingerprint density at radius 3 is 2.90 bits per heavy atom. The molecule has 3 aromatic heterocycles. The first-order chi connectivity index (χ1) is 19.0. The highest BCUT2D eigenvalue weighted by Crippen LogP contribution is 2.38. The predicted octanol–water partition coefficient (Wildman–Crippen LogP) is 7.63. The van der Waals surface area contributed by atoms with Gasteiger partial charge in [-0.05, 0) is 79.6 Å². The molecule has 0 saturated heterocycles. The summed E-state index contributed by atoms with van der Waals surface area (Å²) < 4.78 is 3.25. The molecular formula is C30H29N5OS3. The van der Waals surface area contributed by atoms with E-state index in [1.165, 1.54) is 44.5 Å². The number of carbonyl (C=O) groups excluding carboxylic acids is 1. The molecule has 2 aromatic carbocycles. The molecule has 6 nitrogen and oxygen atoms in total. The van der Waals surface area contributed by atoms with Crippen molar-refractivity contribution in [3.63, 3.8) is 0 Å². The standard InChI is InChI=1S/C30H29N5OS3/c1-4-13-35-28(23-16-37-25-14-18(2)5-11-22(23)25)33-34-30(35)38-17-27(36)31-21-9-7-20(8-10-21)29-32-24-12-6-19(3)15-26(24)39-29/h4,6-10,12,15-16,18H,1,5,11,13-14,17H2,2-3H3,(H,31,36). The van der Waals surface area contributed by atoms with E-state index in [0.717, 1.165) is 51.5 Å². The van der Waals surface area contributed by atoms with Crippen LogP contribution in [-0.2, 0) is 24.2 Å². The van der Waals surface area contributed by atoms with Gasteiger partial charge in [-0.3, -0.25) is 9.36 Å². The minimum atomic E-state index is -0.0835. The topological polar surface area (TPSA) is 72.7 Å². The van der Waals surface area contributed by atoms with Gasteiger partial charge >= 0.3 is 0 Å². The van der Waals surface area contributed by atoms with Gasteiger partial charge in [-0.1, -0.05) is 30.8 Å². The number of hydrogen-bond acceptors (Lipinski definition) is 7. The molecule has 1 N–H and O–H groups in total. The van der Waals surface area contributed by atoms with Crippen molar-refractivity contribution in [2.24, 2.45) is 5.92 Å². The third-order valence-corrected chi connectivity index (χ3v) is 10.0. The van der Waals surface area contributed by atoms with Crippen LogP contribution in [0.3, 0.4) is 0 Å². The van der Waals surface area contributed by atoms with Crippen LogP contribution in [0.1, 0.15) is 29.3 Å². The van der Waals surface area contributed by atoms with E-state index in [-0.39, 0.29) is 11.7 Å². The molecule has 9 heteroatoms. The number of anilines is 1. The lowest BCUT2D eigenvalue weighted by Crippen LogP contribution is -2.14. The number of thiazole rings is 1. The Hall–Kier alpha value is -3.27. The molecule has 198 valence electrons. The number of nitrogens with one attached hydrogen (secondary N) is 1. The minimum absolute atomic E-state index is 0.0835. The molecular weight excluding hydrogens is 543 g/mol. The highest BCUT2D eigenvalue weighted by Gasteiger charge is 2.24. The minimum Gasteiger partial charge on any atom is -0.325 e. The van der Waals surface area contributed by atoms with Crippen molar-refractivity contribution >= 4 is 56.2 Å². The van der Waals surface area contributed by atoms with Crippen LogP contribution in [0.5, 0.6) is 0 Å². The lowest BCUT2D eigenvalue weighted by atomic mass is 9.88. The van der Waals surface area contributed by atoms with E-state index < -0.39 is 0 Å². The number of thiophene rings is 1. The zero-order valence-corrected chi connectivity index (χ0v) is 24.4. The molecule has 0 bridgehead atoms. The van der Waals surface area contributed by atoms with E-state index in [4.69, 9.17) is 4.98 Å². The first kappa shape index (κ1) is 26.0. The van der Waals surface area contributed by atoms with Gasteiger partial charge in [-0.25, -0.2) is 4.98 Å². The third-order valence-electron chi connectivity index (χ3n) is 6.96. The fourth-order valence-electron chi connectivity index (χ4n) is 4.93. The number of nitrogens with zero attached hydrogens (tertiary/aromatic N) is 4. The molecule has 0 radical (unpaired) electrons. The first-order valence-corrected chi connectivity index (χ1v) is 15.7. The molecule has 0 saturated carbocycles. The molecule has 3 heterocycles. The van der Waals surface area contributed by atoms with E-state index in [2.05, 4.69) is 64.1 Å². The van der Waals surface area contributed by atoms with E-state index >= 15 is 0 Å². The Morgan fingerprint density at radius 1 is 1.23 bits per heavy atom. The van der Waals surface area contributed by atoms with Crippen molar-refractivity contribution in [1.29, 1.82) is 0 Å². The molecule has 1 unspecified atom stereocenters. The van der Waals surface area contributed by atoms with Crippen LogP contribution >= 0.6 is 34.4 Å². The Bertz CT molecular complexity index is 1660. The summed E-state index contributed by atoms with van der Waals surface area (Å²) >= 11 is 4.90. The maximum Gasteiger partial charge on any atom is 0.234 e. The number of rotatable bonds is 8. The molecule has 1 amide bonds. The SMILES string of the molecule is C=CCn1c(SCC(=O)Nc2ccc(-c3nc4ccc(C)cc4s3)cc2)nnc1-c1csc2c1CCC(C)C2. The van der Waals surface area contributed by atoms with Gasteiger partial charge in [-0.15, -0.1) is 39.4 Å². The summed E-state index contributed by atoms with van der Waals surface area (Å²) in [6, 6.07) is 14.2. The summed E-state index contributed by atoms with van der Waals surface area (Å²) in [5.41, 5.74) is 6.62. The Morgan fingerprint density at radius 2 is 2.08 bits per heavy atom.